The predicted molar refractivity (Wildman–Crippen MR) is 140 cm³/mol. The zero-order valence-electron chi connectivity index (χ0n) is 21.4. The van der Waals surface area contributed by atoms with Crippen molar-refractivity contribution in [3.8, 4) is 17.6 Å². The molecule has 0 fully saturated rings. The number of likely N-dealkylation sites (N-methyl/N-ethyl adjacent to an activating group) is 1. The fourth-order valence-corrected chi connectivity index (χ4v) is 4.04. The van der Waals surface area contributed by atoms with E-state index >= 15 is 0 Å². The van der Waals surface area contributed by atoms with Crippen LogP contribution in [0.1, 0.15) is 23.7 Å². The van der Waals surface area contributed by atoms with Gasteiger partial charge < -0.3 is 19.7 Å². The van der Waals surface area contributed by atoms with E-state index in [0.29, 0.717) is 30.2 Å². The van der Waals surface area contributed by atoms with Crippen LogP contribution in [0.25, 0.3) is 10.8 Å². The SMILES string of the molecule is C[C@H]1C(=O)Nc2cccc3ccc(cc23)Oc2cc(ccc2C#N)Cn2cncc2CN1C.O=C(O)C(F)(F)F. The molecule has 2 N–H and O–H groups in total. The van der Waals surface area contributed by atoms with Crippen LogP contribution in [0.15, 0.2) is 67.1 Å². The van der Waals surface area contributed by atoms with Crippen molar-refractivity contribution in [1.29, 1.82) is 5.26 Å². The van der Waals surface area contributed by atoms with Crippen LogP contribution in [-0.4, -0.2) is 50.7 Å². The third-order valence-electron chi connectivity index (χ3n) is 6.35. The minimum absolute atomic E-state index is 0.0912. The molecule has 0 aliphatic carbocycles. The van der Waals surface area contributed by atoms with Crippen LogP contribution in [0, 0.1) is 11.3 Å². The summed E-state index contributed by atoms with van der Waals surface area (Å²) < 4.78 is 39.9. The van der Waals surface area contributed by atoms with Gasteiger partial charge in [-0.2, -0.15) is 18.4 Å². The monoisotopic (exact) mass is 551 g/mol. The average Bonchev–Trinajstić information content (AvgIpc) is 3.34. The lowest BCUT2D eigenvalue weighted by atomic mass is 10.1. The van der Waals surface area contributed by atoms with Gasteiger partial charge in [-0.05, 0) is 55.3 Å². The molecule has 206 valence electrons. The van der Waals surface area contributed by atoms with Gasteiger partial charge in [-0.25, -0.2) is 9.78 Å². The topological polar surface area (TPSA) is 120 Å². The van der Waals surface area contributed by atoms with Gasteiger partial charge in [0.2, 0.25) is 5.91 Å². The van der Waals surface area contributed by atoms with Crippen LogP contribution in [0.5, 0.6) is 11.5 Å². The molecule has 5 rings (SSSR count). The largest absolute Gasteiger partial charge is 0.490 e. The van der Waals surface area contributed by atoms with E-state index in [4.69, 9.17) is 14.6 Å². The number of amides is 1. The highest BCUT2D eigenvalue weighted by atomic mass is 19.4. The first-order valence-corrected chi connectivity index (χ1v) is 12.0. The maximum Gasteiger partial charge on any atom is 0.490 e. The van der Waals surface area contributed by atoms with Gasteiger partial charge in [0.1, 0.15) is 17.6 Å². The first-order valence-electron chi connectivity index (χ1n) is 12.0. The van der Waals surface area contributed by atoms with Gasteiger partial charge in [0.15, 0.2) is 0 Å². The maximum absolute atomic E-state index is 13.1. The van der Waals surface area contributed by atoms with Crippen LogP contribution in [0.3, 0.4) is 0 Å². The number of imidazole rings is 1. The number of carboxylic acid groups (broad SMARTS) is 1. The van der Waals surface area contributed by atoms with Gasteiger partial charge in [0.25, 0.3) is 0 Å². The minimum Gasteiger partial charge on any atom is -0.475 e. The van der Waals surface area contributed by atoms with Crippen molar-refractivity contribution in [3.63, 3.8) is 0 Å². The molecule has 1 aliphatic rings. The number of carbonyl (C=O) groups is 2. The number of hydrogen-bond acceptors (Lipinski definition) is 6. The normalized spacial score (nSPS) is 15.7. The standard InChI is InChI=1S/C26H23N5O2.C2HF3O2/c1-17-26(32)29-24-5-3-4-19-8-9-22(11-23(19)24)33-25-10-18(6-7-20(25)12-27)14-31-16-28-13-21(31)15-30(17)2;3-2(4,5)1(6)7/h3-11,13,16-17H,14-15H2,1-2H3,(H,29,32);(H,6,7)/t17-;/m0./s1. The van der Waals surface area contributed by atoms with E-state index in [-0.39, 0.29) is 11.9 Å². The Balaban J connectivity index is 0.000000470. The van der Waals surface area contributed by atoms with E-state index in [0.717, 1.165) is 27.7 Å². The predicted octanol–water partition coefficient (Wildman–Crippen LogP) is 5.15. The second-order valence-corrected chi connectivity index (χ2v) is 9.13. The minimum atomic E-state index is -5.08. The first-order chi connectivity index (χ1) is 19.0. The molecule has 4 bridgehead atoms. The van der Waals surface area contributed by atoms with Crippen LogP contribution < -0.4 is 10.1 Å². The van der Waals surface area contributed by atoms with Gasteiger partial charge in [0.05, 0.1) is 23.6 Å². The van der Waals surface area contributed by atoms with Crippen molar-refractivity contribution >= 4 is 28.3 Å². The zero-order chi connectivity index (χ0) is 29.0. The first kappa shape index (κ1) is 28.1. The lowest BCUT2D eigenvalue weighted by Gasteiger charge is -2.25. The van der Waals surface area contributed by atoms with E-state index in [1.165, 1.54) is 0 Å². The van der Waals surface area contributed by atoms with Crippen molar-refractivity contribution < 1.29 is 32.6 Å². The second-order valence-electron chi connectivity index (χ2n) is 9.13. The summed E-state index contributed by atoms with van der Waals surface area (Å²) in [5, 5.41) is 21.7. The number of halogens is 3. The van der Waals surface area contributed by atoms with E-state index in [1.807, 2.05) is 78.2 Å². The van der Waals surface area contributed by atoms with Crippen LogP contribution in [-0.2, 0) is 22.7 Å². The number of benzene rings is 3. The third-order valence-corrected chi connectivity index (χ3v) is 6.35. The Morgan fingerprint density at radius 1 is 1.18 bits per heavy atom. The molecule has 0 spiro atoms. The Labute approximate surface area is 227 Å². The highest BCUT2D eigenvalue weighted by Crippen LogP contribution is 2.32. The Morgan fingerprint density at radius 2 is 1.93 bits per heavy atom. The number of hydrogen-bond donors (Lipinski definition) is 2. The van der Waals surface area contributed by atoms with Gasteiger partial charge in [-0.1, -0.05) is 24.3 Å². The summed E-state index contributed by atoms with van der Waals surface area (Å²) in [5.41, 5.74) is 3.16. The number of aromatic nitrogens is 2. The number of nitrogens with zero attached hydrogens (tertiary/aromatic N) is 4. The molecule has 0 radical (unpaired) electrons. The highest BCUT2D eigenvalue weighted by Gasteiger charge is 2.38. The highest BCUT2D eigenvalue weighted by molar-refractivity contribution is 6.04. The molecule has 0 saturated heterocycles. The number of nitriles is 1. The van der Waals surface area contributed by atoms with Crippen molar-refractivity contribution in [3.05, 3.63) is 83.9 Å². The Kier molecular flexibility index (Phi) is 8.06. The quantitative estimate of drug-likeness (QED) is 0.310. The maximum atomic E-state index is 13.1. The van der Waals surface area contributed by atoms with Gasteiger partial charge >= 0.3 is 12.1 Å². The number of carbonyl (C=O) groups excluding carboxylic acids is 1. The fraction of sp³-hybridized carbons (Fsp3) is 0.214. The molecule has 1 atom stereocenters. The van der Waals surface area contributed by atoms with E-state index < -0.39 is 12.1 Å². The molecular formula is C28H24F3N5O4. The Morgan fingerprint density at radius 3 is 2.62 bits per heavy atom. The fourth-order valence-electron chi connectivity index (χ4n) is 4.04. The van der Waals surface area contributed by atoms with Crippen LogP contribution >= 0.6 is 0 Å². The molecular weight excluding hydrogens is 527 g/mol. The van der Waals surface area contributed by atoms with E-state index in [1.54, 1.807) is 12.4 Å². The van der Waals surface area contributed by atoms with Gasteiger partial charge in [-0.15, -0.1) is 0 Å². The van der Waals surface area contributed by atoms with Crippen molar-refractivity contribution in [1.82, 2.24) is 14.5 Å². The summed E-state index contributed by atoms with van der Waals surface area (Å²) in [6, 6.07) is 19.0. The van der Waals surface area contributed by atoms with Crippen molar-refractivity contribution in [2.45, 2.75) is 32.2 Å². The summed E-state index contributed by atoms with van der Waals surface area (Å²) >= 11 is 0. The van der Waals surface area contributed by atoms with Gasteiger partial charge in [-0.3, -0.25) is 9.69 Å². The van der Waals surface area contributed by atoms with Crippen molar-refractivity contribution in [2.75, 3.05) is 12.4 Å². The molecule has 40 heavy (non-hydrogen) atoms. The average molecular weight is 552 g/mol. The summed E-state index contributed by atoms with van der Waals surface area (Å²) in [7, 11) is 1.93. The van der Waals surface area contributed by atoms with E-state index in [9.17, 15) is 23.2 Å². The number of anilines is 1. The molecule has 12 heteroatoms. The summed E-state index contributed by atoms with van der Waals surface area (Å²) in [6.07, 6.45) is -1.49. The second kappa shape index (κ2) is 11.5. The summed E-state index contributed by atoms with van der Waals surface area (Å²) in [5.74, 6) is -1.76. The summed E-state index contributed by atoms with van der Waals surface area (Å²) in [4.78, 5) is 28.3. The molecule has 3 aromatic carbocycles. The number of rotatable bonds is 0. The number of ether oxygens (including phenoxy) is 1. The van der Waals surface area contributed by atoms with Crippen molar-refractivity contribution in [2.24, 2.45) is 0 Å². The molecule has 9 nitrogen and oxygen atoms in total. The molecule has 1 aromatic heterocycles. The van der Waals surface area contributed by atoms with Crippen LogP contribution in [0.2, 0.25) is 0 Å². The molecule has 1 aliphatic heterocycles. The van der Waals surface area contributed by atoms with Crippen LogP contribution in [0.4, 0.5) is 18.9 Å². The number of carboxylic acids is 1. The smallest absolute Gasteiger partial charge is 0.475 e. The number of fused-ring (bicyclic) bond motifs is 4. The molecule has 2 heterocycles. The molecule has 0 unspecified atom stereocenters. The molecule has 0 saturated carbocycles. The number of alkyl halides is 3. The third kappa shape index (κ3) is 6.39. The zero-order valence-corrected chi connectivity index (χ0v) is 21.4. The summed E-state index contributed by atoms with van der Waals surface area (Å²) in [6.45, 7) is 3.04. The molecule has 4 aromatic rings. The van der Waals surface area contributed by atoms with Gasteiger partial charge in [0, 0.05) is 30.4 Å². The van der Waals surface area contributed by atoms with E-state index in [2.05, 4.69) is 16.4 Å². The lowest BCUT2D eigenvalue weighted by molar-refractivity contribution is -0.192. The number of nitrogens with one attached hydrogen (secondary N) is 1. The Hall–Kier alpha value is -4.89. The number of aliphatic carboxylic acids is 1. The Bertz CT molecular complexity index is 1610. The molecule has 1 amide bonds. The lowest BCUT2D eigenvalue weighted by Crippen LogP contribution is -2.39.